The largest absolute Gasteiger partial charge is 0.367 e. The number of nitrogens with zero attached hydrogens (tertiary/aromatic N) is 4. The average molecular weight is 273 g/mol. The molecule has 0 aliphatic carbocycles. The summed E-state index contributed by atoms with van der Waals surface area (Å²) in [4.78, 5) is 6.02. The summed E-state index contributed by atoms with van der Waals surface area (Å²) in [6.07, 6.45) is 0.965. The molecule has 3 rings (SSSR count). The smallest absolute Gasteiger partial charge is 0.247 e. The van der Waals surface area contributed by atoms with Gasteiger partial charge in [-0.2, -0.15) is 5.10 Å². The Labute approximate surface area is 107 Å². The van der Waals surface area contributed by atoms with Crippen molar-refractivity contribution in [1.82, 2.24) is 14.6 Å². The van der Waals surface area contributed by atoms with Crippen LogP contribution in [0.2, 0.25) is 5.15 Å². The number of halogens is 3. The second kappa shape index (κ2) is 3.78. The minimum atomic E-state index is -2.32. The van der Waals surface area contributed by atoms with Crippen LogP contribution >= 0.6 is 11.6 Å². The number of hydrogen-bond donors (Lipinski definition) is 0. The van der Waals surface area contributed by atoms with E-state index in [-0.39, 0.29) is 0 Å². The summed E-state index contributed by atoms with van der Waals surface area (Å²) in [6.45, 7) is 2.18. The van der Waals surface area contributed by atoms with Gasteiger partial charge in [-0.1, -0.05) is 18.5 Å². The molecular weight excluding hydrogens is 262 g/mol. The first-order chi connectivity index (χ1) is 8.49. The van der Waals surface area contributed by atoms with Gasteiger partial charge in [-0.15, -0.1) is 0 Å². The molecule has 0 unspecified atom stereocenters. The number of fused-ring (bicyclic) bond motifs is 1. The summed E-state index contributed by atoms with van der Waals surface area (Å²) >= 11 is 5.90. The second-order valence-electron chi connectivity index (χ2n) is 4.86. The fourth-order valence-electron chi connectivity index (χ4n) is 2.24. The normalized spacial score (nSPS) is 18.4. The van der Waals surface area contributed by atoms with Crippen LogP contribution in [0.5, 0.6) is 0 Å². The highest BCUT2D eigenvalue weighted by Gasteiger charge is 2.47. The van der Waals surface area contributed by atoms with E-state index in [1.807, 2.05) is 4.90 Å². The third-order valence-electron chi connectivity index (χ3n) is 3.28. The Kier molecular flexibility index (Phi) is 2.45. The predicted molar refractivity (Wildman–Crippen MR) is 64.3 cm³/mol. The van der Waals surface area contributed by atoms with E-state index >= 15 is 0 Å². The number of anilines is 1. The zero-order chi connectivity index (χ0) is 12.9. The Bertz CT molecular complexity index is 592. The van der Waals surface area contributed by atoms with Gasteiger partial charge in [-0.25, -0.2) is 18.3 Å². The Balaban J connectivity index is 1.95. The Morgan fingerprint density at radius 2 is 2.17 bits per heavy atom. The quantitative estimate of drug-likeness (QED) is 0.842. The van der Waals surface area contributed by atoms with Gasteiger partial charge in [0.15, 0.2) is 10.8 Å². The van der Waals surface area contributed by atoms with E-state index < -0.39 is 11.8 Å². The van der Waals surface area contributed by atoms with Crippen molar-refractivity contribution in [3.63, 3.8) is 0 Å². The lowest BCUT2D eigenvalue weighted by Gasteiger charge is -2.48. The molecule has 0 aromatic carbocycles. The summed E-state index contributed by atoms with van der Waals surface area (Å²) in [5.74, 6) is 0. The summed E-state index contributed by atoms with van der Waals surface area (Å²) in [7, 11) is 0. The molecule has 3 heterocycles. The summed E-state index contributed by atoms with van der Waals surface area (Å²) < 4.78 is 27.2. The molecule has 0 atom stereocenters. The first kappa shape index (κ1) is 11.6. The van der Waals surface area contributed by atoms with Gasteiger partial charge in [0.1, 0.15) is 0 Å². The number of imidazole rings is 1. The molecule has 4 nitrogen and oxygen atoms in total. The first-order valence-corrected chi connectivity index (χ1v) is 5.90. The SMILES string of the molecule is CC1(C(F)F)CN(c2cc(Cl)nn3ccnc23)C1. The Morgan fingerprint density at radius 1 is 1.44 bits per heavy atom. The molecule has 0 bridgehead atoms. The van der Waals surface area contributed by atoms with Crippen LogP contribution in [-0.4, -0.2) is 34.1 Å². The fraction of sp³-hybridized carbons (Fsp3) is 0.455. The third-order valence-corrected chi connectivity index (χ3v) is 3.47. The van der Waals surface area contributed by atoms with Crippen LogP contribution in [0.15, 0.2) is 18.5 Å². The van der Waals surface area contributed by atoms with E-state index in [4.69, 9.17) is 11.6 Å². The van der Waals surface area contributed by atoms with Gasteiger partial charge >= 0.3 is 0 Å². The van der Waals surface area contributed by atoms with Crippen LogP contribution in [0.1, 0.15) is 6.92 Å². The molecule has 7 heteroatoms. The molecular formula is C11H11ClF2N4. The van der Waals surface area contributed by atoms with Gasteiger partial charge in [-0.3, -0.25) is 0 Å². The van der Waals surface area contributed by atoms with Crippen LogP contribution in [0.25, 0.3) is 5.65 Å². The van der Waals surface area contributed by atoms with Crippen LogP contribution in [-0.2, 0) is 0 Å². The zero-order valence-corrected chi connectivity index (χ0v) is 10.4. The number of alkyl halides is 2. The lowest BCUT2D eigenvalue weighted by molar-refractivity contribution is -0.0120. The molecule has 96 valence electrons. The monoisotopic (exact) mass is 272 g/mol. The maximum absolute atomic E-state index is 12.8. The average Bonchev–Trinajstić information content (AvgIpc) is 2.71. The second-order valence-corrected chi connectivity index (χ2v) is 5.25. The van der Waals surface area contributed by atoms with E-state index in [9.17, 15) is 8.78 Å². The van der Waals surface area contributed by atoms with Gasteiger partial charge in [0.25, 0.3) is 0 Å². The van der Waals surface area contributed by atoms with Crippen molar-refractivity contribution in [3.8, 4) is 0 Å². The van der Waals surface area contributed by atoms with E-state index in [2.05, 4.69) is 10.1 Å². The van der Waals surface area contributed by atoms with Crippen molar-refractivity contribution in [3.05, 3.63) is 23.6 Å². The Morgan fingerprint density at radius 3 is 2.83 bits per heavy atom. The highest BCUT2D eigenvalue weighted by Crippen LogP contribution is 2.40. The van der Waals surface area contributed by atoms with E-state index in [0.29, 0.717) is 23.9 Å². The van der Waals surface area contributed by atoms with Gasteiger partial charge in [0, 0.05) is 31.5 Å². The number of rotatable bonds is 2. The van der Waals surface area contributed by atoms with Crippen LogP contribution in [0, 0.1) is 5.41 Å². The number of aromatic nitrogens is 3. The van der Waals surface area contributed by atoms with Crippen LogP contribution < -0.4 is 4.90 Å². The minimum absolute atomic E-state index is 0.299. The molecule has 2 aromatic heterocycles. The highest BCUT2D eigenvalue weighted by atomic mass is 35.5. The first-order valence-electron chi connectivity index (χ1n) is 5.53. The van der Waals surface area contributed by atoms with Crippen LogP contribution in [0.4, 0.5) is 14.5 Å². The molecule has 0 saturated carbocycles. The van der Waals surface area contributed by atoms with Crippen molar-refractivity contribution in [1.29, 1.82) is 0 Å². The van der Waals surface area contributed by atoms with Gasteiger partial charge in [0.2, 0.25) is 6.43 Å². The van der Waals surface area contributed by atoms with Crippen molar-refractivity contribution in [2.24, 2.45) is 5.41 Å². The van der Waals surface area contributed by atoms with Gasteiger partial charge in [-0.05, 0) is 0 Å². The van der Waals surface area contributed by atoms with Crippen molar-refractivity contribution in [2.75, 3.05) is 18.0 Å². The topological polar surface area (TPSA) is 33.4 Å². The van der Waals surface area contributed by atoms with E-state index in [1.54, 1.807) is 29.9 Å². The molecule has 0 N–H and O–H groups in total. The van der Waals surface area contributed by atoms with E-state index in [1.165, 1.54) is 0 Å². The summed E-state index contributed by atoms with van der Waals surface area (Å²) in [5.41, 5.74) is 0.438. The van der Waals surface area contributed by atoms with E-state index in [0.717, 1.165) is 5.69 Å². The lowest BCUT2D eigenvalue weighted by Crippen LogP contribution is -2.58. The fourth-order valence-corrected chi connectivity index (χ4v) is 2.42. The van der Waals surface area contributed by atoms with Crippen molar-refractivity contribution < 1.29 is 8.78 Å². The molecule has 0 amide bonds. The molecule has 1 aliphatic rings. The third kappa shape index (κ3) is 1.63. The Hall–Kier alpha value is -1.43. The molecule has 1 fully saturated rings. The predicted octanol–water partition coefficient (Wildman–Crippen LogP) is 2.47. The maximum atomic E-state index is 12.8. The lowest BCUT2D eigenvalue weighted by atomic mass is 9.82. The van der Waals surface area contributed by atoms with Gasteiger partial charge < -0.3 is 4.90 Å². The minimum Gasteiger partial charge on any atom is -0.367 e. The molecule has 1 aliphatic heterocycles. The number of hydrogen-bond acceptors (Lipinski definition) is 3. The summed E-state index contributed by atoms with van der Waals surface area (Å²) in [6, 6.07) is 1.66. The zero-order valence-electron chi connectivity index (χ0n) is 9.65. The maximum Gasteiger partial charge on any atom is 0.247 e. The molecule has 0 radical (unpaired) electrons. The van der Waals surface area contributed by atoms with Crippen LogP contribution in [0.3, 0.4) is 0 Å². The molecule has 2 aromatic rings. The molecule has 1 saturated heterocycles. The highest BCUT2D eigenvalue weighted by molar-refractivity contribution is 6.29. The van der Waals surface area contributed by atoms with Crippen molar-refractivity contribution in [2.45, 2.75) is 13.3 Å². The summed E-state index contributed by atoms with van der Waals surface area (Å²) in [5, 5.41) is 4.37. The molecule has 18 heavy (non-hydrogen) atoms. The molecule has 0 spiro atoms. The van der Waals surface area contributed by atoms with Gasteiger partial charge in [0.05, 0.1) is 11.1 Å². The van der Waals surface area contributed by atoms with Crippen molar-refractivity contribution >= 4 is 22.9 Å². The standard InChI is InChI=1S/C11H11ClF2N4/c1-11(10(13)14)5-17(6-11)7-4-8(12)16-18-3-2-15-9(7)18/h2-4,10H,5-6H2,1H3.